The van der Waals surface area contributed by atoms with E-state index in [1.54, 1.807) is 36.4 Å². The summed E-state index contributed by atoms with van der Waals surface area (Å²) < 4.78 is 5.53. The second kappa shape index (κ2) is 9.80. The van der Waals surface area contributed by atoms with Crippen LogP contribution in [0.4, 0.5) is 0 Å². The number of piperidine rings is 1. The molecule has 2 aromatic rings. The first kappa shape index (κ1) is 23.7. The van der Waals surface area contributed by atoms with Crippen LogP contribution < -0.4 is 4.74 Å². The van der Waals surface area contributed by atoms with Crippen molar-refractivity contribution in [2.24, 2.45) is 5.41 Å². The first-order chi connectivity index (χ1) is 16.3. The van der Waals surface area contributed by atoms with Gasteiger partial charge in [-0.3, -0.25) is 19.4 Å². The number of carbonyl (C=O) groups excluding carboxylic acids is 3. The smallest absolute Gasteiger partial charge is 0.260 e. The van der Waals surface area contributed by atoms with E-state index in [-0.39, 0.29) is 29.5 Å². The predicted molar refractivity (Wildman–Crippen MR) is 128 cm³/mol. The number of aryl methyl sites for hydroxylation is 2. The minimum Gasteiger partial charge on any atom is -0.482 e. The van der Waals surface area contributed by atoms with Gasteiger partial charge in [-0.2, -0.15) is 0 Å². The third-order valence-corrected chi connectivity index (χ3v) is 7.07. The first-order valence-electron chi connectivity index (χ1n) is 11.7. The molecule has 1 amide bonds. The number of carbonyl (C=O) groups is 3. The number of hydrogen-bond donors (Lipinski definition) is 0. The molecule has 1 aliphatic carbocycles. The van der Waals surface area contributed by atoms with E-state index in [1.165, 1.54) is 0 Å². The zero-order valence-electron chi connectivity index (χ0n) is 20.0. The lowest BCUT2D eigenvalue weighted by Crippen LogP contribution is -2.49. The van der Waals surface area contributed by atoms with Gasteiger partial charge < -0.3 is 9.64 Å². The molecule has 176 valence electrons. The molecule has 0 atom stereocenters. The number of hydrogen-bond acceptors (Lipinski definition) is 5. The zero-order valence-corrected chi connectivity index (χ0v) is 20.0. The van der Waals surface area contributed by atoms with Crippen molar-refractivity contribution in [1.82, 2.24) is 9.88 Å². The van der Waals surface area contributed by atoms with E-state index in [2.05, 4.69) is 16.8 Å². The third kappa shape index (κ3) is 4.89. The molecule has 2 heterocycles. The van der Waals surface area contributed by atoms with Gasteiger partial charge in [0.25, 0.3) is 5.91 Å². The number of ketones is 2. The molecule has 6 heteroatoms. The summed E-state index contributed by atoms with van der Waals surface area (Å²) in [6.45, 7) is 6.71. The molecular formula is C28H30N2O4. The number of amides is 1. The number of likely N-dealkylation sites (tertiary alicyclic amines) is 1. The average molecular weight is 459 g/mol. The molecule has 0 N–H and O–H groups in total. The van der Waals surface area contributed by atoms with E-state index in [1.807, 2.05) is 26.0 Å². The van der Waals surface area contributed by atoms with Crippen molar-refractivity contribution in [1.29, 1.82) is 0 Å². The summed E-state index contributed by atoms with van der Waals surface area (Å²) in [4.78, 5) is 45.0. The molecule has 1 aliphatic heterocycles. The Balaban J connectivity index is 1.40. The third-order valence-electron chi connectivity index (χ3n) is 7.07. The monoisotopic (exact) mass is 458 g/mol. The van der Waals surface area contributed by atoms with E-state index in [4.69, 9.17) is 4.74 Å². The molecule has 2 aliphatic rings. The summed E-state index contributed by atoms with van der Waals surface area (Å²) in [5, 5.41) is 0. The van der Waals surface area contributed by atoms with Gasteiger partial charge in [0.2, 0.25) is 0 Å². The van der Waals surface area contributed by atoms with Crippen molar-refractivity contribution in [2.45, 2.75) is 52.4 Å². The average Bonchev–Trinajstić information content (AvgIpc) is 2.80. The van der Waals surface area contributed by atoms with E-state index < -0.39 is 5.92 Å². The molecule has 1 spiro atoms. The molecule has 6 nitrogen and oxygen atoms in total. The number of benzene rings is 1. The van der Waals surface area contributed by atoms with Crippen molar-refractivity contribution in [3.05, 3.63) is 58.9 Å². The van der Waals surface area contributed by atoms with Gasteiger partial charge in [-0.1, -0.05) is 5.92 Å². The first-order valence-corrected chi connectivity index (χ1v) is 11.7. The molecule has 2 fully saturated rings. The fourth-order valence-electron chi connectivity index (χ4n) is 5.41. The standard InChI is InChI=1S/C28H30N2O4/c1-4-6-21-13-19(2)26(20(3)14-21)27-23(31)15-28(16-24(27)32)8-11-30(12-9-28)25(33)18-34-22-7-5-10-29-17-22/h5,7,10,13-14,17,27H,8-9,11-12,15-16,18H2,1-3H3. The van der Waals surface area contributed by atoms with Gasteiger partial charge in [-0.15, -0.1) is 5.92 Å². The highest BCUT2D eigenvalue weighted by atomic mass is 16.5. The summed E-state index contributed by atoms with van der Waals surface area (Å²) >= 11 is 0. The maximum absolute atomic E-state index is 13.3. The molecule has 1 saturated carbocycles. The fraction of sp³-hybridized carbons (Fsp3) is 0.429. The molecule has 1 saturated heterocycles. The largest absolute Gasteiger partial charge is 0.482 e. The lowest BCUT2D eigenvalue weighted by molar-refractivity contribution is -0.141. The van der Waals surface area contributed by atoms with Gasteiger partial charge in [0.1, 0.15) is 23.2 Å². The van der Waals surface area contributed by atoms with Crippen molar-refractivity contribution in [3.63, 3.8) is 0 Å². The van der Waals surface area contributed by atoms with Crippen LogP contribution in [-0.2, 0) is 14.4 Å². The van der Waals surface area contributed by atoms with Gasteiger partial charge in [0, 0.05) is 37.7 Å². The highest BCUT2D eigenvalue weighted by Crippen LogP contribution is 2.46. The van der Waals surface area contributed by atoms with Crippen LogP contribution in [0, 0.1) is 31.1 Å². The zero-order chi connectivity index (χ0) is 24.3. The molecule has 0 unspecified atom stereocenters. The molecule has 1 aromatic carbocycles. The quantitative estimate of drug-likeness (QED) is 0.515. The summed E-state index contributed by atoms with van der Waals surface area (Å²) in [5.41, 5.74) is 3.27. The van der Waals surface area contributed by atoms with E-state index in [0.717, 1.165) is 22.3 Å². The van der Waals surface area contributed by atoms with Crippen molar-refractivity contribution >= 4 is 17.5 Å². The van der Waals surface area contributed by atoms with Crippen LogP contribution in [0.25, 0.3) is 0 Å². The Kier molecular flexibility index (Phi) is 6.83. The highest BCUT2D eigenvalue weighted by Gasteiger charge is 2.47. The Labute approximate surface area is 200 Å². The molecular weight excluding hydrogens is 428 g/mol. The second-order valence-electron chi connectivity index (χ2n) is 9.48. The van der Waals surface area contributed by atoms with Crippen molar-refractivity contribution in [3.8, 4) is 17.6 Å². The Morgan fingerprint density at radius 3 is 2.35 bits per heavy atom. The van der Waals surface area contributed by atoms with Gasteiger partial charge in [-0.25, -0.2) is 0 Å². The topological polar surface area (TPSA) is 76.6 Å². The Morgan fingerprint density at radius 2 is 1.79 bits per heavy atom. The lowest BCUT2D eigenvalue weighted by atomic mass is 9.62. The van der Waals surface area contributed by atoms with E-state index >= 15 is 0 Å². The second-order valence-corrected chi connectivity index (χ2v) is 9.48. The SMILES string of the molecule is CC#Cc1cc(C)c(C2C(=O)CC3(CCN(C(=O)COc4cccnc4)CC3)CC2=O)c(C)c1. The van der Waals surface area contributed by atoms with Gasteiger partial charge in [0.05, 0.1) is 6.20 Å². The summed E-state index contributed by atoms with van der Waals surface area (Å²) in [6, 6.07) is 7.43. The number of Topliss-reactive ketones (excluding diaryl/α,β-unsaturated/α-hetero) is 2. The van der Waals surface area contributed by atoms with Crippen LogP contribution in [0.1, 0.15) is 60.8 Å². The molecule has 0 radical (unpaired) electrons. The van der Waals surface area contributed by atoms with Gasteiger partial charge in [-0.05, 0) is 80.0 Å². The summed E-state index contributed by atoms with van der Waals surface area (Å²) in [6.07, 6.45) is 5.29. The minimum absolute atomic E-state index is 0.00327. The van der Waals surface area contributed by atoms with Crippen LogP contribution in [0.5, 0.6) is 5.75 Å². The van der Waals surface area contributed by atoms with Crippen molar-refractivity contribution < 1.29 is 19.1 Å². The molecule has 0 bridgehead atoms. The van der Waals surface area contributed by atoms with E-state index in [0.29, 0.717) is 44.5 Å². The number of ether oxygens (including phenoxy) is 1. The number of nitrogens with zero attached hydrogens (tertiary/aromatic N) is 2. The highest BCUT2D eigenvalue weighted by molar-refractivity contribution is 6.10. The Morgan fingerprint density at radius 1 is 1.15 bits per heavy atom. The number of aromatic nitrogens is 1. The van der Waals surface area contributed by atoms with Gasteiger partial charge >= 0.3 is 0 Å². The number of pyridine rings is 1. The van der Waals surface area contributed by atoms with Gasteiger partial charge in [0.15, 0.2) is 6.61 Å². The van der Waals surface area contributed by atoms with Crippen LogP contribution in [0.3, 0.4) is 0 Å². The van der Waals surface area contributed by atoms with Crippen LogP contribution in [0.2, 0.25) is 0 Å². The Bertz CT molecular complexity index is 1120. The Hall–Kier alpha value is -3.46. The normalized spacial score (nSPS) is 17.9. The fourth-order valence-corrected chi connectivity index (χ4v) is 5.41. The summed E-state index contributed by atoms with van der Waals surface area (Å²) in [7, 11) is 0. The molecule has 34 heavy (non-hydrogen) atoms. The maximum atomic E-state index is 13.3. The van der Waals surface area contributed by atoms with E-state index in [9.17, 15) is 14.4 Å². The number of rotatable bonds is 4. The minimum atomic E-state index is -0.693. The van der Waals surface area contributed by atoms with Crippen LogP contribution in [-0.4, -0.2) is 47.1 Å². The van der Waals surface area contributed by atoms with Crippen LogP contribution >= 0.6 is 0 Å². The summed E-state index contributed by atoms with van der Waals surface area (Å²) in [5.74, 6) is 5.72. The van der Waals surface area contributed by atoms with Crippen LogP contribution in [0.15, 0.2) is 36.7 Å². The molecule has 4 rings (SSSR count). The van der Waals surface area contributed by atoms with Crippen molar-refractivity contribution in [2.75, 3.05) is 19.7 Å². The lowest BCUT2D eigenvalue weighted by Gasteiger charge is -2.44. The molecule has 1 aromatic heterocycles. The predicted octanol–water partition coefficient (Wildman–Crippen LogP) is 3.77. The maximum Gasteiger partial charge on any atom is 0.260 e.